The first-order valence-electron chi connectivity index (χ1n) is 11.5. The Morgan fingerprint density at radius 3 is 0.900 bits per heavy atom. The Labute approximate surface area is 181 Å². The van der Waals surface area contributed by atoms with E-state index >= 15 is 0 Å². The molecule has 0 aromatic heterocycles. The fourth-order valence-electron chi connectivity index (χ4n) is 6.05. The van der Waals surface area contributed by atoms with Crippen molar-refractivity contribution in [3.8, 4) is 0 Å². The third-order valence-corrected chi connectivity index (χ3v) is 8.32. The minimum atomic E-state index is -2.69. The van der Waals surface area contributed by atoms with E-state index in [1.54, 1.807) is 0 Å². The third kappa shape index (κ3) is 4.40. The molecular weight excluding hydrogens is 384 g/mol. The number of hydrogen-bond acceptors (Lipinski definition) is 4. The summed E-state index contributed by atoms with van der Waals surface area (Å²) in [7, 11) is 0. The van der Waals surface area contributed by atoms with E-state index in [-0.39, 0.29) is 10.8 Å². The lowest BCUT2D eigenvalue weighted by molar-refractivity contribution is -0.237. The van der Waals surface area contributed by atoms with Crippen LogP contribution >= 0.6 is 0 Å². The van der Waals surface area contributed by atoms with Crippen LogP contribution in [-0.2, 0) is 9.59 Å². The molecule has 2 unspecified atom stereocenters. The van der Waals surface area contributed by atoms with Crippen molar-refractivity contribution < 1.29 is 30.0 Å². The third-order valence-electron chi connectivity index (χ3n) is 8.32. The summed E-state index contributed by atoms with van der Waals surface area (Å²) >= 11 is 0. The normalized spacial score (nSPS) is 32.7. The van der Waals surface area contributed by atoms with Gasteiger partial charge in [0.05, 0.1) is 0 Å². The van der Waals surface area contributed by atoms with Crippen molar-refractivity contribution >= 4 is 11.9 Å². The second kappa shape index (κ2) is 8.42. The van der Waals surface area contributed by atoms with Gasteiger partial charge in [-0.1, -0.05) is 41.5 Å². The number of carboxylic acids is 2. The number of hydrogen-bond donors (Lipinski definition) is 4. The molecule has 2 aliphatic rings. The Balaban J connectivity index is 2.32. The number of carbonyl (C=O) groups is 2. The summed E-state index contributed by atoms with van der Waals surface area (Å²) in [5, 5.41) is 42.9. The lowest BCUT2D eigenvalue weighted by Gasteiger charge is -2.50. The van der Waals surface area contributed by atoms with Crippen LogP contribution in [0.4, 0.5) is 0 Å². The van der Waals surface area contributed by atoms with Crippen LogP contribution in [0.25, 0.3) is 0 Å². The van der Waals surface area contributed by atoms with Crippen molar-refractivity contribution in [2.24, 2.45) is 34.5 Å². The molecule has 2 fully saturated rings. The fraction of sp³-hybridized carbons (Fsp3) is 0.917. The molecule has 30 heavy (non-hydrogen) atoms. The Morgan fingerprint density at radius 1 is 0.533 bits per heavy atom. The molecule has 0 radical (unpaired) electrons. The number of aliphatic hydroxyl groups is 2. The van der Waals surface area contributed by atoms with Crippen molar-refractivity contribution in [1.29, 1.82) is 0 Å². The largest absolute Gasteiger partial charge is 0.479 e. The molecule has 0 saturated heterocycles. The first-order valence-corrected chi connectivity index (χ1v) is 11.5. The molecule has 0 aromatic rings. The van der Waals surface area contributed by atoms with E-state index in [4.69, 9.17) is 0 Å². The quantitative estimate of drug-likeness (QED) is 0.520. The van der Waals surface area contributed by atoms with Crippen LogP contribution in [0.2, 0.25) is 0 Å². The van der Waals surface area contributed by atoms with E-state index in [9.17, 15) is 30.0 Å². The molecule has 6 heteroatoms. The van der Waals surface area contributed by atoms with E-state index in [1.165, 1.54) is 0 Å². The number of carboxylic acid groups (broad SMARTS) is 2. The number of aliphatic carboxylic acids is 2. The lowest BCUT2D eigenvalue weighted by Crippen LogP contribution is -2.71. The summed E-state index contributed by atoms with van der Waals surface area (Å²) in [4.78, 5) is 24.7. The Kier molecular flexibility index (Phi) is 7.05. The van der Waals surface area contributed by atoms with Crippen molar-refractivity contribution in [3.63, 3.8) is 0 Å². The topological polar surface area (TPSA) is 115 Å². The van der Waals surface area contributed by atoms with E-state index in [0.29, 0.717) is 37.5 Å². The lowest BCUT2D eigenvalue weighted by atomic mass is 9.57. The number of rotatable bonds is 5. The van der Waals surface area contributed by atoms with Crippen LogP contribution in [0.15, 0.2) is 0 Å². The molecule has 2 rings (SSSR count). The summed E-state index contributed by atoms with van der Waals surface area (Å²) in [5.74, 6) is -4.04. The van der Waals surface area contributed by atoms with Crippen LogP contribution in [0.5, 0.6) is 0 Å². The van der Waals surface area contributed by atoms with Crippen LogP contribution in [0, 0.1) is 34.5 Å². The second-order valence-corrected chi connectivity index (χ2v) is 12.0. The zero-order valence-corrected chi connectivity index (χ0v) is 19.6. The highest BCUT2D eigenvalue weighted by molar-refractivity contribution is 5.91. The monoisotopic (exact) mass is 426 g/mol. The first kappa shape index (κ1) is 25.1. The van der Waals surface area contributed by atoms with Gasteiger partial charge in [-0.3, -0.25) is 0 Å². The van der Waals surface area contributed by atoms with Crippen molar-refractivity contribution in [1.82, 2.24) is 0 Å². The predicted octanol–water partition coefficient (Wildman–Crippen LogP) is 4.32. The van der Waals surface area contributed by atoms with E-state index < -0.39 is 35.0 Å². The molecule has 0 heterocycles. The minimum absolute atomic E-state index is 0.0702. The Hall–Kier alpha value is -1.14. The van der Waals surface area contributed by atoms with Gasteiger partial charge in [-0.25, -0.2) is 9.59 Å². The maximum Gasteiger partial charge on any atom is 0.339 e. The molecule has 0 aromatic carbocycles. The average Bonchev–Trinajstić information content (AvgIpc) is 2.65. The van der Waals surface area contributed by atoms with Crippen LogP contribution < -0.4 is 0 Å². The van der Waals surface area contributed by atoms with Gasteiger partial charge < -0.3 is 20.4 Å². The molecule has 0 amide bonds. The molecule has 0 spiro atoms. The van der Waals surface area contributed by atoms with E-state index in [0.717, 1.165) is 25.7 Å². The highest BCUT2D eigenvalue weighted by Crippen LogP contribution is 2.51. The Bertz CT molecular complexity index is 573. The van der Waals surface area contributed by atoms with Gasteiger partial charge in [0.2, 0.25) is 11.2 Å². The van der Waals surface area contributed by atoms with E-state index in [1.807, 2.05) is 0 Å². The van der Waals surface area contributed by atoms with Gasteiger partial charge in [-0.2, -0.15) is 0 Å². The molecular formula is C24H42O6. The van der Waals surface area contributed by atoms with Crippen LogP contribution in [-0.4, -0.2) is 43.6 Å². The van der Waals surface area contributed by atoms with Crippen LogP contribution in [0.1, 0.15) is 92.9 Å². The Morgan fingerprint density at radius 2 is 0.733 bits per heavy atom. The molecule has 0 aliphatic heterocycles. The van der Waals surface area contributed by atoms with Gasteiger partial charge in [0.15, 0.2) is 0 Å². The first-order chi connectivity index (χ1) is 13.6. The maximum absolute atomic E-state index is 12.3. The van der Waals surface area contributed by atoms with Gasteiger partial charge in [0, 0.05) is 11.8 Å². The summed E-state index contributed by atoms with van der Waals surface area (Å²) in [6.45, 7) is 12.8. The van der Waals surface area contributed by atoms with Crippen LogP contribution in [0.3, 0.4) is 0 Å². The molecule has 2 atom stereocenters. The van der Waals surface area contributed by atoms with Gasteiger partial charge >= 0.3 is 11.9 Å². The highest BCUT2D eigenvalue weighted by atomic mass is 16.5. The molecule has 2 aliphatic carbocycles. The second-order valence-electron chi connectivity index (χ2n) is 12.0. The zero-order valence-electron chi connectivity index (χ0n) is 19.6. The highest BCUT2D eigenvalue weighted by Gasteiger charge is 2.67. The zero-order chi connectivity index (χ0) is 23.1. The van der Waals surface area contributed by atoms with Crippen molar-refractivity contribution in [2.45, 2.75) is 104 Å². The van der Waals surface area contributed by atoms with E-state index in [2.05, 4.69) is 41.5 Å². The minimum Gasteiger partial charge on any atom is -0.479 e. The summed E-state index contributed by atoms with van der Waals surface area (Å²) < 4.78 is 0. The summed E-state index contributed by atoms with van der Waals surface area (Å²) in [6, 6.07) is 0. The fourth-order valence-corrected chi connectivity index (χ4v) is 6.05. The smallest absolute Gasteiger partial charge is 0.339 e. The molecule has 6 nitrogen and oxygen atoms in total. The summed E-state index contributed by atoms with van der Waals surface area (Å²) in [6.07, 6.45) is 4.48. The predicted molar refractivity (Wildman–Crippen MR) is 115 cm³/mol. The molecule has 2 saturated carbocycles. The molecule has 4 N–H and O–H groups in total. The van der Waals surface area contributed by atoms with Crippen molar-refractivity contribution in [3.05, 3.63) is 0 Å². The van der Waals surface area contributed by atoms with Gasteiger partial charge in [-0.05, 0) is 74.0 Å². The summed E-state index contributed by atoms with van der Waals surface area (Å²) in [5.41, 5.74) is -5.25. The average molecular weight is 427 g/mol. The van der Waals surface area contributed by atoms with Gasteiger partial charge in [-0.15, -0.1) is 0 Å². The molecule has 174 valence electrons. The van der Waals surface area contributed by atoms with Gasteiger partial charge in [0.1, 0.15) is 0 Å². The SMILES string of the molecule is CC(C)(C)C1CCC(C(O)(C(=O)O)C(O)(C(=O)O)C2CCC(C(C)(C)C)CC2)CC1. The van der Waals surface area contributed by atoms with Crippen molar-refractivity contribution in [2.75, 3.05) is 0 Å². The standard InChI is InChI=1S/C24H42O6/c1-21(2,3)15-7-11-17(12-8-15)23(29,19(25)26)24(30,20(27)28)18-13-9-16(10-14-18)22(4,5)6/h15-18,29-30H,7-14H2,1-6H3,(H,25,26)(H,27,28). The van der Waals surface area contributed by atoms with Gasteiger partial charge in [0.25, 0.3) is 0 Å². The molecule has 0 bridgehead atoms. The maximum atomic E-state index is 12.3.